The van der Waals surface area contributed by atoms with E-state index in [9.17, 15) is 8.42 Å². The zero-order chi connectivity index (χ0) is 23.1. The predicted octanol–water partition coefficient (Wildman–Crippen LogP) is 5.44. The van der Waals surface area contributed by atoms with Gasteiger partial charge >= 0.3 is 0 Å². The number of nitrogens with one attached hydrogen (secondary N) is 1. The fourth-order valence-electron chi connectivity index (χ4n) is 3.11. The number of aryl methyl sites for hydroxylation is 1. The van der Waals surface area contributed by atoms with Gasteiger partial charge in [0.15, 0.2) is 0 Å². The van der Waals surface area contributed by atoms with Crippen LogP contribution in [0.5, 0.6) is 0 Å². The first-order chi connectivity index (χ1) is 14.5. The smallest absolute Gasteiger partial charge is 0.210 e. The standard InChI is InChI=1S/C15H17ClN2O2S.C10H14.Ru/c1-21(19,20)18-15(17,13-10-6-3-7-11-13)14(16)12-8-4-2-5-9-12;1-8(2)10-6-4-9(3)5-7-10;/h2-11,14,18H,17H2,1H3;4-8H,1-3H3;/t14-,15-;;/m0../s1. The Bertz CT molecular complexity index is 1050. The van der Waals surface area contributed by atoms with Crippen LogP contribution in [0.3, 0.4) is 0 Å². The fourth-order valence-corrected chi connectivity index (χ4v) is 4.35. The summed E-state index contributed by atoms with van der Waals surface area (Å²) < 4.78 is 25.9. The SMILES string of the molecule is CS(=O)(=O)N[C@@](N)(c1ccccc1)[C@@H](Cl)c1ccccc1.Cc1ccc(C(C)C)cc1.[Ru]. The molecule has 0 saturated carbocycles. The van der Waals surface area contributed by atoms with Crippen LogP contribution in [0, 0.1) is 6.92 Å². The molecule has 0 bridgehead atoms. The number of hydrogen-bond donors (Lipinski definition) is 2. The Labute approximate surface area is 210 Å². The third kappa shape index (κ3) is 8.42. The van der Waals surface area contributed by atoms with Crippen LogP contribution in [-0.4, -0.2) is 14.7 Å². The summed E-state index contributed by atoms with van der Waals surface area (Å²) >= 11 is 6.50. The number of halogens is 1. The maximum absolute atomic E-state index is 11.7. The quantitative estimate of drug-likeness (QED) is 0.240. The Kier molecular flexibility index (Phi) is 11.2. The minimum atomic E-state index is -3.54. The molecule has 0 aromatic heterocycles. The molecule has 0 aliphatic rings. The third-order valence-corrected chi connectivity index (χ3v) is 6.15. The van der Waals surface area contributed by atoms with Crippen molar-refractivity contribution in [1.29, 1.82) is 0 Å². The van der Waals surface area contributed by atoms with Crippen LogP contribution in [0.4, 0.5) is 0 Å². The number of rotatable bonds is 6. The van der Waals surface area contributed by atoms with Crippen LogP contribution in [0.25, 0.3) is 0 Å². The maximum Gasteiger partial charge on any atom is 0.210 e. The fraction of sp³-hybridized carbons (Fsp3) is 0.280. The van der Waals surface area contributed by atoms with Gasteiger partial charge in [0.1, 0.15) is 5.66 Å². The van der Waals surface area contributed by atoms with Crippen LogP contribution in [0.2, 0.25) is 0 Å². The molecule has 0 unspecified atom stereocenters. The van der Waals surface area contributed by atoms with Crippen LogP contribution < -0.4 is 10.5 Å². The molecule has 3 rings (SSSR count). The molecular formula is C25H31ClN2O2RuS. The molecule has 0 amide bonds. The normalized spacial score (nSPS) is 13.8. The summed E-state index contributed by atoms with van der Waals surface area (Å²) in [7, 11) is -3.54. The second kappa shape index (κ2) is 12.6. The molecule has 0 heterocycles. The largest absolute Gasteiger partial charge is 0.307 e. The molecular weight excluding hydrogens is 529 g/mol. The molecule has 0 aliphatic carbocycles. The number of hydrogen-bond acceptors (Lipinski definition) is 3. The summed E-state index contributed by atoms with van der Waals surface area (Å²) in [6.07, 6.45) is 1.06. The second-order valence-corrected chi connectivity index (χ2v) is 10.1. The van der Waals surface area contributed by atoms with E-state index < -0.39 is 21.1 Å². The van der Waals surface area contributed by atoms with E-state index >= 15 is 0 Å². The molecule has 3 aromatic carbocycles. The molecule has 0 radical (unpaired) electrons. The average molecular weight is 560 g/mol. The van der Waals surface area contributed by atoms with Crippen molar-refractivity contribution in [3.63, 3.8) is 0 Å². The Morgan fingerprint density at radius 2 is 1.31 bits per heavy atom. The van der Waals surface area contributed by atoms with Crippen LogP contribution >= 0.6 is 11.6 Å². The van der Waals surface area contributed by atoms with E-state index in [0.29, 0.717) is 11.5 Å². The van der Waals surface area contributed by atoms with Gasteiger partial charge in [0, 0.05) is 19.5 Å². The van der Waals surface area contributed by atoms with Gasteiger partial charge in [-0.25, -0.2) is 8.42 Å². The van der Waals surface area contributed by atoms with E-state index in [-0.39, 0.29) is 19.5 Å². The van der Waals surface area contributed by atoms with Gasteiger partial charge < -0.3 is 5.73 Å². The summed E-state index contributed by atoms with van der Waals surface area (Å²) in [6.45, 7) is 6.54. The van der Waals surface area contributed by atoms with Crippen molar-refractivity contribution in [1.82, 2.24) is 4.72 Å². The van der Waals surface area contributed by atoms with Crippen LogP contribution in [0.15, 0.2) is 84.9 Å². The summed E-state index contributed by atoms with van der Waals surface area (Å²) in [5.41, 5.74) is 9.02. The van der Waals surface area contributed by atoms with Crippen molar-refractivity contribution in [3.8, 4) is 0 Å². The summed E-state index contributed by atoms with van der Waals surface area (Å²) in [4.78, 5) is 0. The predicted molar refractivity (Wildman–Crippen MR) is 131 cm³/mol. The van der Waals surface area contributed by atoms with Gasteiger partial charge in [-0.3, -0.25) is 0 Å². The van der Waals surface area contributed by atoms with E-state index in [1.807, 2.05) is 36.4 Å². The monoisotopic (exact) mass is 560 g/mol. The van der Waals surface area contributed by atoms with Gasteiger partial charge in [0.25, 0.3) is 0 Å². The van der Waals surface area contributed by atoms with Crippen LogP contribution in [-0.2, 0) is 35.2 Å². The number of benzene rings is 3. The Morgan fingerprint density at radius 1 is 0.844 bits per heavy atom. The van der Waals surface area contributed by atoms with Crippen molar-refractivity contribution < 1.29 is 27.9 Å². The second-order valence-electron chi connectivity index (χ2n) is 7.95. The maximum atomic E-state index is 11.7. The zero-order valence-corrected chi connectivity index (χ0v) is 22.1. The Hall–Kier alpha value is -1.56. The van der Waals surface area contributed by atoms with Crippen molar-refractivity contribution in [2.45, 2.75) is 37.7 Å². The molecule has 3 aromatic rings. The number of sulfonamides is 1. The molecule has 0 spiro atoms. The van der Waals surface area contributed by atoms with Crippen molar-refractivity contribution >= 4 is 21.6 Å². The topological polar surface area (TPSA) is 72.2 Å². The molecule has 174 valence electrons. The first-order valence-electron chi connectivity index (χ1n) is 10.1. The summed E-state index contributed by atoms with van der Waals surface area (Å²) in [5, 5.41) is -0.754. The first kappa shape index (κ1) is 28.5. The van der Waals surface area contributed by atoms with E-state index in [2.05, 4.69) is 49.8 Å². The molecule has 0 aliphatic heterocycles. The van der Waals surface area contributed by atoms with E-state index in [0.717, 1.165) is 11.8 Å². The Balaban J connectivity index is 0.000000393. The van der Waals surface area contributed by atoms with Gasteiger partial charge in [-0.05, 0) is 29.5 Å². The average Bonchev–Trinajstić information content (AvgIpc) is 2.74. The van der Waals surface area contributed by atoms with Crippen molar-refractivity contribution in [2.75, 3.05) is 6.26 Å². The molecule has 0 saturated heterocycles. The molecule has 7 heteroatoms. The van der Waals surface area contributed by atoms with E-state index in [1.54, 1.807) is 24.3 Å². The minimum Gasteiger partial charge on any atom is -0.307 e. The van der Waals surface area contributed by atoms with Gasteiger partial charge in [0.2, 0.25) is 10.0 Å². The van der Waals surface area contributed by atoms with Crippen LogP contribution in [0.1, 0.15) is 47.4 Å². The summed E-state index contributed by atoms with van der Waals surface area (Å²) in [6, 6.07) is 26.8. The van der Waals surface area contributed by atoms with E-state index in [4.69, 9.17) is 17.3 Å². The van der Waals surface area contributed by atoms with Gasteiger partial charge in [-0.2, -0.15) is 4.72 Å². The zero-order valence-electron chi connectivity index (χ0n) is 18.8. The molecule has 3 N–H and O–H groups in total. The van der Waals surface area contributed by atoms with Crippen molar-refractivity contribution in [3.05, 3.63) is 107 Å². The molecule has 2 atom stereocenters. The number of nitrogens with two attached hydrogens (primary N) is 1. The summed E-state index contributed by atoms with van der Waals surface area (Å²) in [5.74, 6) is 0.653. The van der Waals surface area contributed by atoms with Crippen molar-refractivity contribution in [2.24, 2.45) is 5.73 Å². The van der Waals surface area contributed by atoms with Gasteiger partial charge in [-0.15, -0.1) is 11.6 Å². The number of alkyl halides is 1. The third-order valence-electron chi connectivity index (χ3n) is 4.84. The van der Waals surface area contributed by atoms with Gasteiger partial charge in [-0.1, -0.05) is 104 Å². The molecule has 32 heavy (non-hydrogen) atoms. The molecule has 0 fully saturated rings. The first-order valence-corrected chi connectivity index (χ1v) is 12.4. The molecule has 4 nitrogen and oxygen atoms in total. The Morgan fingerprint density at radius 3 is 1.75 bits per heavy atom. The van der Waals surface area contributed by atoms with E-state index in [1.165, 1.54) is 11.1 Å². The minimum absolute atomic E-state index is 0. The van der Waals surface area contributed by atoms with Gasteiger partial charge in [0.05, 0.1) is 11.6 Å².